The number of rotatable bonds is 7. The van der Waals surface area contributed by atoms with E-state index in [9.17, 15) is 9.18 Å². The SMILES string of the molecule is O=C(Cc1csc(-c2ccc(F)cc2)n1)Oc1ccc(OCc2ccccc2)cc1. The lowest BCUT2D eigenvalue weighted by Crippen LogP contribution is -2.11. The monoisotopic (exact) mass is 419 g/mol. The first kappa shape index (κ1) is 19.8. The number of benzene rings is 3. The zero-order chi connectivity index (χ0) is 20.8. The van der Waals surface area contributed by atoms with E-state index >= 15 is 0 Å². The van der Waals surface area contributed by atoms with Gasteiger partial charge >= 0.3 is 5.97 Å². The molecule has 0 bridgehead atoms. The van der Waals surface area contributed by atoms with E-state index < -0.39 is 5.97 Å². The summed E-state index contributed by atoms with van der Waals surface area (Å²) in [6.07, 6.45) is 0.0595. The molecule has 0 spiro atoms. The van der Waals surface area contributed by atoms with Crippen molar-refractivity contribution in [1.29, 1.82) is 0 Å². The maximum atomic E-state index is 13.0. The van der Waals surface area contributed by atoms with E-state index in [1.165, 1.54) is 23.5 Å². The Morgan fingerprint density at radius 1 is 0.900 bits per heavy atom. The Morgan fingerprint density at radius 3 is 2.33 bits per heavy atom. The summed E-state index contributed by atoms with van der Waals surface area (Å²) in [5, 5.41) is 2.54. The predicted molar refractivity (Wildman–Crippen MR) is 114 cm³/mol. The van der Waals surface area contributed by atoms with Crippen molar-refractivity contribution in [2.45, 2.75) is 13.0 Å². The Bertz CT molecular complexity index is 1110. The summed E-state index contributed by atoms with van der Waals surface area (Å²) in [4.78, 5) is 16.7. The standard InChI is InChI=1S/C24H18FNO3S/c25-19-8-6-18(7-9-19)24-26-20(16-30-24)14-23(27)29-22-12-10-21(11-13-22)28-15-17-4-2-1-3-5-17/h1-13,16H,14-15H2. The highest BCUT2D eigenvalue weighted by atomic mass is 32.1. The van der Waals surface area contributed by atoms with Crippen LogP contribution >= 0.6 is 11.3 Å². The lowest BCUT2D eigenvalue weighted by atomic mass is 10.2. The maximum Gasteiger partial charge on any atom is 0.317 e. The zero-order valence-corrected chi connectivity index (χ0v) is 16.8. The molecule has 4 rings (SSSR count). The maximum absolute atomic E-state index is 13.0. The van der Waals surface area contributed by atoms with E-state index in [1.54, 1.807) is 41.8 Å². The number of aromatic nitrogens is 1. The average Bonchev–Trinajstić information content (AvgIpc) is 3.23. The number of hydrogen-bond donors (Lipinski definition) is 0. The van der Waals surface area contributed by atoms with Crippen LogP contribution in [0.1, 0.15) is 11.3 Å². The third kappa shape index (κ3) is 5.30. The van der Waals surface area contributed by atoms with Gasteiger partial charge in [-0.15, -0.1) is 11.3 Å². The summed E-state index contributed by atoms with van der Waals surface area (Å²) in [7, 11) is 0. The summed E-state index contributed by atoms with van der Waals surface area (Å²) in [5.74, 6) is 0.447. The number of carbonyl (C=O) groups excluding carboxylic acids is 1. The molecule has 0 atom stereocenters. The highest BCUT2D eigenvalue weighted by Gasteiger charge is 2.11. The third-order valence-corrected chi connectivity index (χ3v) is 5.21. The Labute approximate surface area is 177 Å². The molecule has 0 saturated heterocycles. The van der Waals surface area contributed by atoms with Crippen molar-refractivity contribution in [1.82, 2.24) is 4.98 Å². The fourth-order valence-corrected chi connectivity index (χ4v) is 3.60. The molecule has 1 aromatic heterocycles. The molecule has 0 aliphatic carbocycles. The average molecular weight is 419 g/mol. The summed E-state index contributed by atoms with van der Waals surface area (Å²) in [5.41, 5.74) is 2.51. The number of nitrogens with zero attached hydrogens (tertiary/aromatic N) is 1. The van der Waals surface area contributed by atoms with Gasteiger partial charge in [-0.3, -0.25) is 4.79 Å². The van der Waals surface area contributed by atoms with Gasteiger partial charge in [0.15, 0.2) is 0 Å². The number of esters is 1. The Balaban J connectivity index is 1.30. The number of thiazole rings is 1. The van der Waals surface area contributed by atoms with Gasteiger partial charge in [-0.1, -0.05) is 30.3 Å². The zero-order valence-electron chi connectivity index (χ0n) is 16.0. The van der Waals surface area contributed by atoms with Gasteiger partial charge in [0, 0.05) is 10.9 Å². The van der Waals surface area contributed by atoms with Crippen molar-refractivity contribution in [3.8, 4) is 22.1 Å². The number of carbonyl (C=O) groups is 1. The molecular formula is C24H18FNO3S. The number of hydrogen-bond acceptors (Lipinski definition) is 5. The molecule has 30 heavy (non-hydrogen) atoms. The van der Waals surface area contributed by atoms with E-state index in [0.717, 1.165) is 16.1 Å². The largest absolute Gasteiger partial charge is 0.489 e. The second-order valence-electron chi connectivity index (χ2n) is 6.55. The van der Waals surface area contributed by atoms with E-state index in [0.29, 0.717) is 23.8 Å². The van der Waals surface area contributed by atoms with Crippen molar-refractivity contribution in [3.05, 3.63) is 101 Å². The first-order valence-electron chi connectivity index (χ1n) is 9.33. The van der Waals surface area contributed by atoms with Crippen molar-refractivity contribution >= 4 is 17.3 Å². The molecule has 4 nitrogen and oxygen atoms in total. The molecule has 0 aliphatic rings. The number of ether oxygens (including phenoxy) is 2. The fraction of sp³-hybridized carbons (Fsp3) is 0.0833. The molecule has 0 saturated carbocycles. The van der Waals surface area contributed by atoms with Crippen molar-refractivity contribution in [3.63, 3.8) is 0 Å². The van der Waals surface area contributed by atoms with Gasteiger partial charge in [0.25, 0.3) is 0 Å². The van der Waals surface area contributed by atoms with Crippen LogP contribution < -0.4 is 9.47 Å². The van der Waals surface area contributed by atoms with Crippen LogP contribution in [0, 0.1) is 5.82 Å². The van der Waals surface area contributed by atoms with Gasteiger partial charge < -0.3 is 9.47 Å². The molecule has 6 heteroatoms. The second-order valence-corrected chi connectivity index (χ2v) is 7.41. The molecule has 0 aliphatic heterocycles. The van der Waals surface area contributed by atoms with Crippen LogP contribution in [0.2, 0.25) is 0 Å². The highest BCUT2D eigenvalue weighted by molar-refractivity contribution is 7.13. The second kappa shape index (κ2) is 9.33. The van der Waals surface area contributed by atoms with E-state index in [1.807, 2.05) is 30.3 Å². The predicted octanol–water partition coefficient (Wildman–Crippen LogP) is 5.68. The first-order chi connectivity index (χ1) is 14.7. The van der Waals surface area contributed by atoms with Gasteiger partial charge in [-0.25, -0.2) is 9.37 Å². The normalized spacial score (nSPS) is 10.6. The molecule has 0 N–H and O–H groups in total. The van der Waals surface area contributed by atoms with Crippen molar-refractivity contribution in [2.75, 3.05) is 0 Å². The van der Waals surface area contributed by atoms with Gasteiger partial charge in [0.05, 0.1) is 12.1 Å². The molecule has 0 unspecified atom stereocenters. The van der Waals surface area contributed by atoms with Crippen LogP contribution in [0.25, 0.3) is 10.6 Å². The Morgan fingerprint density at radius 2 is 1.60 bits per heavy atom. The highest BCUT2D eigenvalue weighted by Crippen LogP contribution is 2.24. The molecule has 1 heterocycles. The van der Waals surface area contributed by atoms with Crippen LogP contribution in [0.15, 0.2) is 84.2 Å². The molecule has 4 aromatic rings. The van der Waals surface area contributed by atoms with Gasteiger partial charge in [-0.2, -0.15) is 0 Å². The smallest absolute Gasteiger partial charge is 0.317 e. The Hall–Kier alpha value is -3.51. The molecule has 0 amide bonds. The summed E-state index contributed by atoms with van der Waals surface area (Å²) < 4.78 is 24.2. The van der Waals surface area contributed by atoms with Gasteiger partial charge in [0.1, 0.15) is 28.9 Å². The topological polar surface area (TPSA) is 48.4 Å². The molecule has 3 aromatic carbocycles. The van der Waals surface area contributed by atoms with Crippen LogP contribution in [0.5, 0.6) is 11.5 Å². The number of halogens is 1. The van der Waals surface area contributed by atoms with Crippen molar-refractivity contribution in [2.24, 2.45) is 0 Å². The molecule has 150 valence electrons. The van der Waals surface area contributed by atoms with Crippen LogP contribution in [-0.2, 0) is 17.8 Å². The van der Waals surface area contributed by atoms with E-state index in [2.05, 4.69) is 4.98 Å². The van der Waals surface area contributed by atoms with Gasteiger partial charge in [-0.05, 0) is 54.1 Å². The molecule has 0 fully saturated rings. The van der Waals surface area contributed by atoms with Crippen LogP contribution in [0.4, 0.5) is 4.39 Å². The third-order valence-electron chi connectivity index (χ3n) is 4.27. The first-order valence-corrected chi connectivity index (χ1v) is 10.2. The quantitative estimate of drug-likeness (QED) is 0.286. The minimum atomic E-state index is -0.399. The fourth-order valence-electron chi connectivity index (χ4n) is 2.77. The lowest BCUT2D eigenvalue weighted by Gasteiger charge is -2.07. The minimum Gasteiger partial charge on any atom is -0.489 e. The summed E-state index contributed by atoms with van der Waals surface area (Å²) >= 11 is 1.40. The van der Waals surface area contributed by atoms with Crippen molar-refractivity contribution < 1.29 is 18.7 Å². The van der Waals surface area contributed by atoms with E-state index in [-0.39, 0.29) is 12.2 Å². The van der Waals surface area contributed by atoms with Crippen LogP contribution in [-0.4, -0.2) is 11.0 Å². The molecule has 0 radical (unpaired) electrons. The summed E-state index contributed by atoms with van der Waals surface area (Å²) in [6, 6.07) is 22.9. The van der Waals surface area contributed by atoms with E-state index in [4.69, 9.17) is 9.47 Å². The van der Waals surface area contributed by atoms with Gasteiger partial charge in [0.2, 0.25) is 0 Å². The van der Waals surface area contributed by atoms with Crippen LogP contribution in [0.3, 0.4) is 0 Å². The Kier molecular flexibility index (Phi) is 6.15. The summed E-state index contributed by atoms with van der Waals surface area (Å²) in [6.45, 7) is 0.472. The minimum absolute atomic E-state index is 0.0595. The molecular weight excluding hydrogens is 401 g/mol. The lowest BCUT2D eigenvalue weighted by molar-refractivity contribution is -0.133.